The molecule has 0 radical (unpaired) electrons. The normalized spacial score (nSPS) is 11.2. The fraction of sp³-hybridized carbons (Fsp3) is 0.0476. The summed E-state index contributed by atoms with van der Waals surface area (Å²) in [6.07, 6.45) is 1.64. The molecule has 2 N–H and O–H groups in total. The van der Waals surface area contributed by atoms with Gasteiger partial charge in [0.25, 0.3) is 0 Å². The van der Waals surface area contributed by atoms with Gasteiger partial charge >= 0.3 is 0 Å². The van der Waals surface area contributed by atoms with Crippen molar-refractivity contribution in [3.63, 3.8) is 0 Å². The number of halogens is 1. The minimum absolute atomic E-state index is 0.254. The Kier molecular flexibility index (Phi) is 4.25. The molecule has 0 aliphatic carbocycles. The van der Waals surface area contributed by atoms with Crippen molar-refractivity contribution < 1.29 is 4.39 Å². The molecular weight excluding hydrogens is 387 g/mol. The first-order valence-corrected chi connectivity index (χ1v) is 9.71. The molecule has 0 bridgehead atoms. The lowest BCUT2D eigenvalue weighted by Crippen LogP contribution is -2.03. The number of nitrogens with two attached hydrogens (primary N) is 1. The maximum atomic E-state index is 14.1. The molecule has 0 fully saturated rings. The third kappa shape index (κ3) is 3.23. The second-order valence-corrected chi connectivity index (χ2v) is 7.26. The quantitative estimate of drug-likeness (QED) is 0.482. The number of rotatable bonds is 4. The molecule has 0 saturated carbocycles. The summed E-state index contributed by atoms with van der Waals surface area (Å²) >= 11 is 1.24. The van der Waals surface area contributed by atoms with E-state index in [1.54, 1.807) is 35.1 Å². The van der Waals surface area contributed by atoms with Crippen LogP contribution in [0.15, 0.2) is 66.9 Å². The molecular formula is C21H15FN6S. The summed E-state index contributed by atoms with van der Waals surface area (Å²) in [5, 5.41) is 6.28. The summed E-state index contributed by atoms with van der Waals surface area (Å²) in [6, 6.07) is 18.0. The number of hydrogen-bond donors (Lipinski definition) is 1. The van der Waals surface area contributed by atoms with Gasteiger partial charge in [-0.05, 0) is 35.8 Å². The predicted molar refractivity (Wildman–Crippen MR) is 112 cm³/mol. The van der Waals surface area contributed by atoms with Crippen LogP contribution in [0.5, 0.6) is 0 Å². The van der Waals surface area contributed by atoms with Gasteiger partial charge in [0.2, 0.25) is 0 Å². The molecule has 142 valence electrons. The molecule has 5 rings (SSSR count). The van der Waals surface area contributed by atoms with E-state index in [2.05, 4.69) is 14.3 Å². The van der Waals surface area contributed by atoms with Crippen LogP contribution in [0, 0.1) is 5.82 Å². The van der Waals surface area contributed by atoms with Gasteiger partial charge < -0.3 is 5.73 Å². The van der Waals surface area contributed by atoms with Crippen molar-refractivity contribution in [1.29, 1.82) is 0 Å². The SMILES string of the molecule is Nc1ccnc(-c2nc(-c3nn(Cc4ccccc4F)c4ccccc34)ns2)c1. The highest BCUT2D eigenvalue weighted by molar-refractivity contribution is 7.09. The number of fused-ring (bicyclic) bond motifs is 1. The summed E-state index contributed by atoms with van der Waals surface area (Å²) < 4.78 is 20.4. The Bertz CT molecular complexity index is 1330. The molecule has 2 aromatic carbocycles. The average molecular weight is 402 g/mol. The summed E-state index contributed by atoms with van der Waals surface area (Å²) in [6.45, 7) is 0.320. The van der Waals surface area contributed by atoms with E-state index in [1.165, 1.54) is 17.6 Å². The number of nitrogens with zero attached hydrogens (tertiary/aromatic N) is 5. The Hall–Kier alpha value is -3.65. The van der Waals surface area contributed by atoms with Gasteiger partial charge in [-0.1, -0.05) is 36.4 Å². The molecule has 29 heavy (non-hydrogen) atoms. The highest BCUT2D eigenvalue weighted by atomic mass is 32.1. The second-order valence-electron chi connectivity index (χ2n) is 6.51. The smallest absolute Gasteiger partial charge is 0.194 e. The molecule has 3 aromatic heterocycles. The van der Waals surface area contributed by atoms with E-state index in [-0.39, 0.29) is 5.82 Å². The molecule has 0 aliphatic rings. The van der Waals surface area contributed by atoms with Crippen LogP contribution in [0.1, 0.15) is 5.56 Å². The molecule has 0 amide bonds. The first kappa shape index (κ1) is 17.4. The van der Waals surface area contributed by atoms with Crippen LogP contribution in [-0.2, 0) is 6.54 Å². The highest BCUT2D eigenvalue weighted by Crippen LogP contribution is 2.30. The van der Waals surface area contributed by atoms with Crippen LogP contribution in [0.4, 0.5) is 10.1 Å². The van der Waals surface area contributed by atoms with Gasteiger partial charge in [0, 0.05) is 22.8 Å². The minimum Gasteiger partial charge on any atom is -0.399 e. The second kappa shape index (κ2) is 7.06. The molecule has 5 aromatic rings. The lowest BCUT2D eigenvalue weighted by Gasteiger charge is -2.04. The monoisotopic (exact) mass is 402 g/mol. The van der Waals surface area contributed by atoms with Crippen LogP contribution in [-0.4, -0.2) is 24.1 Å². The highest BCUT2D eigenvalue weighted by Gasteiger charge is 2.18. The number of para-hydroxylation sites is 1. The third-order valence-electron chi connectivity index (χ3n) is 4.58. The van der Waals surface area contributed by atoms with Crippen LogP contribution in [0.2, 0.25) is 0 Å². The average Bonchev–Trinajstić information content (AvgIpc) is 3.35. The zero-order valence-corrected chi connectivity index (χ0v) is 16.0. The van der Waals surface area contributed by atoms with Gasteiger partial charge in [-0.25, -0.2) is 9.37 Å². The summed E-state index contributed by atoms with van der Waals surface area (Å²) in [4.78, 5) is 8.93. The third-order valence-corrected chi connectivity index (χ3v) is 5.31. The van der Waals surface area contributed by atoms with E-state index in [0.29, 0.717) is 40.0 Å². The van der Waals surface area contributed by atoms with E-state index in [4.69, 9.17) is 10.8 Å². The van der Waals surface area contributed by atoms with Crippen molar-refractivity contribution in [2.75, 3.05) is 5.73 Å². The fourth-order valence-electron chi connectivity index (χ4n) is 3.19. The zero-order chi connectivity index (χ0) is 19.8. The molecule has 3 heterocycles. The molecule has 0 atom stereocenters. The molecule has 0 unspecified atom stereocenters. The van der Waals surface area contributed by atoms with Crippen LogP contribution in [0.25, 0.3) is 33.1 Å². The van der Waals surface area contributed by atoms with Gasteiger partial charge in [0.1, 0.15) is 17.2 Å². The van der Waals surface area contributed by atoms with Crippen molar-refractivity contribution in [2.24, 2.45) is 0 Å². The Morgan fingerprint density at radius 3 is 2.72 bits per heavy atom. The zero-order valence-electron chi connectivity index (χ0n) is 15.2. The number of anilines is 1. The number of nitrogen functional groups attached to an aromatic ring is 1. The Labute approximate surface area is 169 Å². The number of pyridine rings is 1. The maximum absolute atomic E-state index is 14.1. The topological polar surface area (TPSA) is 82.5 Å². The van der Waals surface area contributed by atoms with Crippen molar-refractivity contribution in [1.82, 2.24) is 24.1 Å². The predicted octanol–water partition coefficient (Wildman–Crippen LogP) is 4.39. The number of hydrogen-bond acceptors (Lipinski definition) is 6. The van der Waals surface area contributed by atoms with Crippen molar-refractivity contribution in [2.45, 2.75) is 6.54 Å². The Balaban J connectivity index is 1.59. The van der Waals surface area contributed by atoms with E-state index >= 15 is 0 Å². The Morgan fingerprint density at radius 1 is 1.03 bits per heavy atom. The van der Waals surface area contributed by atoms with Crippen LogP contribution < -0.4 is 5.73 Å². The first-order valence-electron chi connectivity index (χ1n) is 8.94. The van der Waals surface area contributed by atoms with Gasteiger partial charge in [0.15, 0.2) is 10.8 Å². The number of aromatic nitrogens is 5. The summed E-state index contributed by atoms with van der Waals surface area (Å²) in [5.74, 6) is 0.258. The van der Waals surface area contributed by atoms with Crippen molar-refractivity contribution in [3.8, 4) is 22.2 Å². The standard InChI is InChI=1S/C21H15FN6S/c22-16-7-3-1-5-13(16)12-28-18-8-4-2-6-15(18)19(26-28)20-25-21(29-27-20)17-11-14(23)9-10-24-17/h1-11H,12H2,(H2,23,24). The van der Waals surface area contributed by atoms with Gasteiger partial charge in [-0.15, -0.1) is 0 Å². The van der Waals surface area contributed by atoms with Crippen LogP contribution in [0.3, 0.4) is 0 Å². The maximum Gasteiger partial charge on any atom is 0.194 e. The number of benzene rings is 2. The van der Waals surface area contributed by atoms with Crippen molar-refractivity contribution in [3.05, 3.63) is 78.2 Å². The van der Waals surface area contributed by atoms with Crippen LogP contribution >= 0.6 is 11.5 Å². The van der Waals surface area contributed by atoms with E-state index in [0.717, 1.165) is 10.9 Å². The lowest BCUT2D eigenvalue weighted by molar-refractivity contribution is 0.590. The summed E-state index contributed by atoms with van der Waals surface area (Å²) in [7, 11) is 0. The van der Waals surface area contributed by atoms with E-state index in [1.807, 2.05) is 30.3 Å². The molecule has 0 spiro atoms. The molecule has 6 nitrogen and oxygen atoms in total. The lowest BCUT2D eigenvalue weighted by atomic mass is 10.2. The fourth-order valence-corrected chi connectivity index (χ4v) is 3.82. The van der Waals surface area contributed by atoms with Gasteiger partial charge in [-0.3, -0.25) is 9.67 Å². The molecule has 0 saturated heterocycles. The first-order chi connectivity index (χ1) is 14.2. The van der Waals surface area contributed by atoms with E-state index < -0.39 is 0 Å². The van der Waals surface area contributed by atoms with Gasteiger partial charge in [0.05, 0.1) is 12.1 Å². The van der Waals surface area contributed by atoms with Crippen molar-refractivity contribution >= 4 is 28.1 Å². The van der Waals surface area contributed by atoms with E-state index in [9.17, 15) is 4.39 Å². The Morgan fingerprint density at radius 2 is 1.86 bits per heavy atom. The minimum atomic E-state index is -0.254. The summed E-state index contributed by atoms with van der Waals surface area (Å²) in [5.41, 5.74) is 9.26. The van der Waals surface area contributed by atoms with Gasteiger partial charge in [-0.2, -0.15) is 9.47 Å². The molecule has 8 heteroatoms. The molecule has 0 aliphatic heterocycles. The largest absolute Gasteiger partial charge is 0.399 e.